The number of aliphatic hydroxyl groups is 1. The molecule has 104 valence electrons. The van der Waals surface area contributed by atoms with E-state index in [-0.39, 0.29) is 12.3 Å². The molecule has 0 bridgehead atoms. The standard InChI is InChI=1S/C15H16N2O3/c1-11-5-3-4-6-14(11)16(2)13-7-8-15(17(19)20)12(9-13)10-18/h3-9,18H,10H2,1-2H3. The Balaban J connectivity index is 2.43. The number of hydrogen-bond acceptors (Lipinski definition) is 4. The van der Waals surface area contributed by atoms with Crippen LogP contribution in [0.5, 0.6) is 0 Å². The van der Waals surface area contributed by atoms with Gasteiger partial charge in [-0.1, -0.05) is 18.2 Å². The first kappa shape index (κ1) is 14.0. The molecule has 0 heterocycles. The summed E-state index contributed by atoms with van der Waals surface area (Å²) in [6, 6.07) is 12.6. The normalized spacial score (nSPS) is 10.3. The van der Waals surface area contributed by atoms with E-state index in [9.17, 15) is 15.2 Å². The summed E-state index contributed by atoms with van der Waals surface area (Å²) in [5.41, 5.74) is 3.18. The molecule has 5 heteroatoms. The lowest BCUT2D eigenvalue weighted by Crippen LogP contribution is -2.11. The lowest BCUT2D eigenvalue weighted by molar-refractivity contribution is -0.385. The Morgan fingerprint density at radius 3 is 2.55 bits per heavy atom. The van der Waals surface area contributed by atoms with E-state index in [1.165, 1.54) is 6.07 Å². The third-order valence-corrected chi connectivity index (χ3v) is 3.29. The highest BCUT2D eigenvalue weighted by Gasteiger charge is 2.15. The maximum atomic E-state index is 10.9. The monoisotopic (exact) mass is 272 g/mol. The molecule has 1 N–H and O–H groups in total. The van der Waals surface area contributed by atoms with Crippen molar-refractivity contribution in [1.82, 2.24) is 0 Å². The fourth-order valence-corrected chi connectivity index (χ4v) is 2.16. The molecule has 0 aliphatic carbocycles. The van der Waals surface area contributed by atoms with Crippen molar-refractivity contribution in [2.75, 3.05) is 11.9 Å². The third kappa shape index (κ3) is 2.62. The van der Waals surface area contributed by atoms with Crippen LogP contribution >= 0.6 is 0 Å². The van der Waals surface area contributed by atoms with Gasteiger partial charge >= 0.3 is 0 Å². The Labute approximate surface area is 117 Å². The van der Waals surface area contributed by atoms with Gasteiger partial charge in [0.05, 0.1) is 17.1 Å². The average molecular weight is 272 g/mol. The van der Waals surface area contributed by atoms with E-state index in [1.54, 1.807) is 12.1 Å². The number of aliphatic hydroxyl groups excluding tert-OH is 1. The van der Waals surface area contributed by atoms with Crippen molar-refractivity contribution < 1.29 is 10.0 Å². The largest absolute Gasteiger partial charge is 0.391 e. The molecule has 5 nitrogen and oxygen atoms in total. The number of nitrogens with zero attached hydrogens (tertiary/aromatic N) is 2. The Morgan fingerprint density at radius 1 is 1.25 bits per heavy atom. The summed E-state index contributed by atoms with van der Waals surface area (Å²) in [7, 11) is 1.89. The zero-order valence-electron chi connectivity index (χ0n) is 11.4. The first-order valence-corrected chi connectivity index (χ1v) is 6.22. The highest BCUT2D eigenvalue weighted by Crippen LogP contribution is 2.30. The highest BCUT2D eigenvalue weighted by molar-refractivity contribution is 5.67. The molecule has 0 aliphatic heterocycles. The van der Waals surface area contributed by atoms with Gasteiger partial charge in [-0.05, 0) is 30.7 Å². The SMILES string of the molecule is Cc1ccccc1N(C)c1ccc([N+](=O)[O-])c(CO)c1. The van der Waals surface area contributed by atoms with Gasteiger partial charge in [-0.2, -0.15) is 0 Å². The summed E-state index contributed by atoms with van der Waals surface area (Å²) in [6.07, 6.45) is 0. The Bertz CT molecular complexity index is 641. The molecule has 2 aromatic rings. The van der Waals surface area contributed by atoms with Crippen molar-refractivity contribution in [3.8, 4) is 0 Å². The molecule has 0 radical (unpaired) electrons. The van der Waals surface area contributed by atoms with E-state index in [0.717, 1.165) is 16.9 Å². The predicted octanol–water partition coefficient (Wildman–Crippen LogP) is 3.16. The van der Waals surface area contributed by atoms with E-state index < -0.39 is 4.92 Å². The van der Waals surface area contributed by atoms with Crippen LogP contribution in [-0.4, -0.2) is 17.1 Å². The molecule has 0 unspecified atom stereocenters. The summed E-state index contributed by atoms with van der Waals surface area (Å²) in [6.45, 7) is 1.65. The number of aryl methyl sites for hydroxylation is 1. The minimum atomic E-state index is -0.483. The van der Waals surface area contributed by atoms with Crippen molar-refractivity contribution in [2.45, 2.75) is 13.5 Å². The number of para-hydroxylation sites is 1. The van der Waals surface area contributed by atoms with Crippen molar-refractivity contribution in [2.24, 2.45) is 0 Å². The number of anilines is 2. The molecular weight excluding hydrogens is 256 g/mol. The summed E-state index contributed by atoms with van der Waals surface area (Å²) < 4.78 is 0. The molecular formula is C15H16N2O3. The molecule has 0 atom stereocenters. The molecule has 0 saturated heterocycles. The van der Waals surface area contributed by atoms with Gasteiger partial charge < -0.3 is 10.0 Å². The van der Waals surface area contributed by atoms with Crippen LogP contribution in [0.1, 0.15) is 11.1 Å². The Morgan fingerprint density at radius 2 is 1.95 bits per heavy atom. The van der Waals surface area contributed by atoms with E-state index in [4.69, 9.17) is 0 Å². The van der Waals surface area contributed by atoms with E-state index in [1.807, 2.05) is 43.1 Å². The van der Waals surface area contributed by atoms with Crippen LogP contribution < -0.4 is 4.90 Å². The van der Waals surface area contributed by atoms with Crippen molar-refractivity contribution in [1.29, 1.82) is 0 Å². The van der Waals surface area contributed by atoms with Gasteiger partial charge in [0.1, 0.15) is 0 Å². The summed E-state index contributed by atoms with van der Waals surface area (Å²) in [5, 5.41) is 20.1. The second-order valence-corrected chi connectivity index (χ2v) is 4.57. The zero-order chi connectivity index (χ0) is 14.7. The van der Waals surface area contributed by atoms with Gasteiger partial charge in [0.2, 0.25) is 0 Å². The van der Waals surface area contributed by atoms with Gasteiger partial charge in [0, 0.05) is 24.5 Å². The van der Waals surface area contributed by atoms with Gasteiger partial charge in [0.25, 0.3) is 5.69 Å². The molecule has 0 saturated carbocycles. The molecule has 0 aromatic heterocycles. The van der Waals surface area contributed by atoms with Crippen LogP contribution in [0.15, 0.2) is 42.5 Å². The van der Waals surface area contributed by atoms with Crippen LogP contribution in [0, 0.1) is 17.0 Å². The molecule has 2 aromatic carbocycles. The van der Waals surface area contributed by atoms with Crippen LogP contribution in [0.4, 0.5) is 17.1 Å². The number of benzene rings is 2. The summed E-state index contributed by atoms with van der Waals surface area (Å²) >= 11 is 0. The third-order valence-electron chi connectivity index (χ3n) is 3.29. The number of nitro groups is 1. The van der Waals surface area contributed by atoms with Crippen LogP contribution in [0.25, 0.3) is 0 Å². The van der Waals surface area contributed by atoms with Gasteiger partial charge in [-0.15, -0.1) is 0 Å². The first-order valence-electron chi connectivity index (χ1n) is 6.22. The van der Waals surface area contributed by atoms with Crippen molar-refractivity contribution in [3.05, 3.63) is 63.7 Å². The lowest BCUT2D eigenvalue weighted by Gasteiger charge is -2.22. The number of nitro benzene ring substituents is 1. The van der Waals surface area contributed by atoms with Gasteiger partial charge in [-0.25, -0.2) is 0 Å². The molecule has 0 amide bonds. The summed E-state index contributed by atoms with van der Waals surface area (Å²) in [5.74, 6) is 0. The lowest BCUT2D eigenvalue weighted by atomic mass is 10.1. The average Bonchev–Trinajstić information content (AvgIpc) is 2.46. The van der Waals surface area contributed by atoms with Gasteiger partial charge in [0.15, 0.2) is 0 Å². The number of rotatable bonds is 4. The van der Waals surface area contributed by atoms with Crippen LogP contribution in [-0.2, 0) is 6.61 Å². The first-order chi connectivity index (χ1) is 9.54. The molecule has 20 heavy (non-hydrogen) atoms. The maximum absolute atomic E-state index is 10.9. The molecule has 0 spiro atoms. The van der Waals surface area contributed by atoms with Gasteiger partial charge in [-0.3, -0.25) is 10.1 Å². The van der Waals surface area contributed by atoms with E-state index in [2.05, 4.69) is 0 Å². The van der Waals surface area contributed by atoms with Crippen LogP contribution in [0.2, 0.25) is 0 Å². The second kappa shape index (κ2) is 5.71. The van der Waals surface area contributed by atoms with E-state index in [0.29, 0.717) is 5.56 Å². The quantitative estimate of drug-likeness (QED) is 0.685. The number of hydrogen-bond donors (Lipinski definition) is 1. The Hall–Kier alpha value is -2.40. The summed E-state index contributed by atoms with van der Waals surface area (Å²) in [4.78, 5) is 12.3. The van der Waals surface area contributed by atoms with E-state index >= 15 is 0 Å². The fraction of sp³-hybridized carbons (Fsp3) is 0.200. The predicted molar refractivity (Wildman–Crippen MR) is 78.3 cm³/mol. The topological polar surface area (TPSA) is 66.6 Å². The van der Waals surface area contributed by atoms with Crippen LogP contribution in [0.3, 0.4) is 0 Å². The smallest absolute Gasteiger partial charge is 0.275 e. The zero-order valence-corrected chi connectivity index (χ0v) is 11.4. The highest BCUT2D eigenvalue weighted by atomic mass is 16.6. The van der Waals surface area contributed by atoms with Crippen molar-refractivity contribution >= 4 is 17.1 Å². The minimum Gasteiger partial charge on any atom is -0.391 e. The molecule has 0 fully saturated rings. The van der Waals surface area contributed by atoms with Crippen molar-refractivity contribution in [3.63, 3.8) is 0 Å². The Kier molecular flexibility index (Phi) is 4.00. The fourth-order valence-electron chi connectivity index (χ4n) is 2.16. The second-order valence-electron chi connectivity index (χ2n) is 4.57. The minimum absolute atomic E-state index is 0.0607. The molecule has 0 aliphatic rings. The molecule has 2 rings (SSSR count). The maximum Gasteiger partial charge on any atom is 0.275 e.